The molecule has 0 unspecified atom stereocenters. The van der Waals surface area contributed by atoms with Crippen LogP contribution in [0.3, 0.4) is 0 Å². The number of fused-ring (bicyclic) bond motifs is 1. The van der Waals surface area contributed by atoms with Crippen LogP contribution in [0.25, 0.3) is 10.8 Å². The molecular weight excluding hydrogens is 434 g/mol. The molecule has 1 heterocycles. The van der Waals surface area contributed by atoms with Gasteiger partial charge >= 0.3 is 0 Å². The number of nitrogens with one attached hydrogen (secondary N) is 2. The minimum Gasteiger partial charge on any atom is -0.342 e. The van der Waals surface area contributed by atoms with Crippen molar-refractivity contribution in [3.05, 3.63) is 83.7 Å². The summed E-state index contributed by atoms with van der Waals surface area (Å²) in [4.78, 5) is 25.0. The topological polar surface area (TPSA) is 88.9 Å². The average Bonchev–Trinajstić information content (AvgIpc) is 3.18. The van der Waals surface area contributed by atoms with Crippen molar-refractivity contribution < 1.29 is 9.59 Å². The maximum atomic E-state index is 12.5. The first-order chi connectivity index (χ1) is 15.9. The number of amides is 2. The number of thioether (sulfide) groups is 1. The van der Waals surface area contributed by atoms with Crippen LogP contribution in [0.2, 0.25) is 0 Å². The highest BCUT2D eigenvalue weighted by Crippen LogP contribution is 2.22. The molecule has 3 aromatic carbocycles. The summed E-state index contributed by atoms with van der Waals surface area (Å²) in [6.07, 6.45) is 0. The van der Waals surface area contributed by atoms with Crippen molar-refractivity contribution in [1.29, 1.82) is 0 Å². The van der Waals surface area contributed by atoms with Crippen molar-refractivity contribution in [3.8, 4) is 0 Å². The summed E-state index contributed by atoms with van der Waals surface area (Å²) in [7, 11) is 1.83. The van der Waals surface area contributed by atoms with Gasteiger partial charge in [-0.15, -0.1) is 10.2 Å². The number of carbonyl (C=O) groups is 2. The van der Waals surface area contributed by atoms with Gasteiger partial charge in [0, 0.05) is 18.3 Å². The Morgan fingerprint density at radius 2 is 1.79 bits per heavy atom. The van der Waals surface area contributed by atoms with Crippen LogP contribution in [0.5, 0.6) is 0 Å². The molecule has 1 aromatic heterocycles. The van der Waals surface area contributed by atoms with E-state index < -0.39 is 0 Å². The molecule has 0 spiro atoms. The SMILES string of the molecule is Cc1cccc(C(=O)N[C@@H](C)c2nnc(SCC(=O)Nc3ccc4ccccc4c3)n2C)c1. The van der Waals surface area contributed by atoms with Crippen LogP contribution in [0.4, 0.5) is 5.69 Å². The normalized spacial score (nSPS) is 11.8. The number of benzene rings is 3. The second kappa shape index (κ2) is 9.87. The first-order valence-corrected chi connectivity index (χ1v) is 11.6. The van der Waals surface area contributed by atoms with Gasteiger partial charge in [0.1, 0.15) is 0 Å². The fourth-order valence-corrected chi connectivity index (χ4v) is 4.27. The van der Waals surface area contributed by atoms with Crippen molar-refractivity contribution in [1.82, 2.24) is 20.1 Å². The molecule has 2 N–H and O–H groups in total. The van der Waals surface area contributed by atoms with Crippen LogP contribution in [0.1, 0.15) is 34.7 Å². The number of aromatic nitrogens is 3. The Balaban J connectivity index is 1.35. The van der Waals surface area contributed by atoms with E-state index in [0.29, 0.717) is 16.5 Å². The number of nitrogens with zero attached hydrogens (tertiary/aromatic N) is 3. The molecule has 0 fully saturated rings. The largest absolute Gasteiger partial charge is 0.342 e. The molecule has 2 amide bonds. The molecule has 168 valence electrons. The van der Waals surface area contributed by atoms with E-state index in [1.54, 1.807) is 10.6 Å². The molecule has 8 heteroatoms. The van der Waals surface area contributed by atoms with Gasteiger partial charge in [-0.1, -0.05) is 59.8 Å². The third kappa shape index (κ3) is 5.40. The van der Waals surface area contributed by atoms with Crippen LogP contribution in [0.15, 0.2) is 71.9 Å². The fraction of sp³-hybridized carbons (Fsp3) is 0.200. The molecule has 0 aliphatic rings. The van der Waals surface area contributed by atoms with Crippen molar-refractivity contribution in [2.24, 2.45) is 7.05 Å². The lowest BCUT2D eigenvalue weighted by Gasteiger charge is -2.14. The number of aryl methyl sites for hydroxylation is 1. The first kappa shape index (κ1) is 22.5. The van der Waals surface area contributed by atoms with E-state index >= 15 is 0 Å². The lowest BCUT2D eigenvalue weighted by atomic mass is 10.1. The van der Waals surface area contributed by atoms with Gasteiger partial charge in [0.2, 0.25) is 5.91 Å². The van der Waals surface area contributed by atoms with Gasteiger partial charge < -0.3 is 15.2 Å². The Kier molecular flexibility index (Phi) is 6.74. The summed E-state index contributed by atoms with van der Waals surface area (Å²) in [5.74, 6) is 0.523. The van der Waals surface area contributed by atoms with Gasteiger partial charge in [0.05, 0.1) is 11.8 Å². The third-order valence-electron chi connectivity index (χ3n) is 5.25. The molecular formula is C25H25N5O2S. The molecule has 7 nitrogen and oxygen atoms in total. The molecule has 0 bridgehead atoms. The number of rotatable bonds is 7. The van der Waals surface area contributed by atoms with Gasteiger partial charge in [0.15, 0.2) is 11.0 Å². The van der Waals surface area contributed by atoms with Crippen LogP contribution in [-0.4, -0.2) is 32.3 Å². The molecule has 0 aliphatic carbocycles. The highest BCUT2D eigenvalue weighted by atomic mass is 32.2. The number of hydrogen-bond acceptors (Lipinski definition) is 5. The highest BCUT2D eigenvalue weighted by Gasteiger charge is 2.19. The smallest absolute Gasteiger partial charge is 0.251 e. The Bertz CT molecular complexity index is 1320. The van der Waals surface area contributed by atoms with Crippen LogP contribution in [0, 0.1) is 6.92 Å². The predicted octanol–water partition coefficient (Wildman–Crippen LogP) is 4.50. The molecule has 0 saturated carbocycles. The maximum absolute atomic E-state index is 12.5. The van der Waals surface area contributed by atoms with Gasteiger partial charge in [-0.2, -0.15) is 0 Å². The van der Waals surface area contributed by atoms with E-state index in [1.807, 2.05) is 81.6 Å². The summed E-state index contributed by atoms with van der Waals surface area (Å²) >= 11 is 1.30. The summed E-state index contributed by atoms with van der Waals surface area (Å²) in [5, 5.41) is 17.1. The Hall–Kier alpha value is -3.65. The van der Waals surface area contributed by atoms with Crippen LogP contribution < -0.4 is 10.6 Å². The summed E-state index contributed by atoms with van der Waals surface area (Å²) in [6, 6.07) is 20.9. The molecule has 0 saturated heterocycles. The Morgan fingerprint density at radius 3 is 2.58 bits per heavy atom. The predicted molar refractivity (Wildman–Crippen MR) is 131 cm³/mol. The number of carbonyl (C=O) groups excluding carboxylic acids is 2. The van der Waals surface area contributed by atoms with Crippen molar-refractivity contribution in [2.75, 3.05) is 11.1 Å². The van der Waals surface area contributed by atoms with Crippen molar-refractivity contribution in [2.45, 2.75) is 25.0 Å². The molecule has 1 atom stereocenters. The molecule has 4 aromatic rings. The summed E-state index contributed by atoms with van der Waals surface area (Å²) in [5.41, 5.74) is 2.38. The minimum absolute atomic E-state index is 0.124. The van der Waals surface area contributed by atoms with E-state index in [0.717, 1.165) is 22.0 Å². The van der Waals surface area contributed by atoms with E-state index in [9.17, 15) is 9.59 Å². The van der Waals surface area contributed by atoms with E-state index in [2.05, 4.69) is 20.8 Å². The van der Waals surface area contributed by atoms with Crippen LogP contribution in [-0.2, 0) is 11.8 Å². The Labute approximate surface area is 196 Å². The van der Waals surface area contributed by atoms with Crippen molar-refractivity contribution >= 4 is 40.0 Å². The fourth-order valence-electron chi connectivity index (χ4n) is 3.55. The molecule has 33 heavy (non-hydrogen) atoms. The second-order valence-electron chi connectivity index (χ2n) is 7.86. The second-order valence-corrected chi connectivity index (χ2v) is 8.81. The maximum Gasteiger partial charge on any atom is 0.251 e. The van der Waals surface area contributed by atoms with Gasteiger partial charge in [-0.25, -0.2) is 0 Å². The highest BCUT2D eigenvalue weighted by molar-refractivity contribution is 7.99. The third-order valence-corrected chi connectivity index (χ3v) is 6.27. The Morgan fingerprint density at radius 1 is 1.00 bits per heavy atom. The van der Waals surface area contributed by atoms with Gasteiger partial charge in [-0.3, -0.25) is 9.59 Å². The van der Waals surface area contributed by atoms with E-state index in [-0.39, 0.29) is 23.6 Å². The van der Waals surface area contributed by atoms with E-state index in [4.69, 9.17) is 0 Å². The molecule has 0 aliphatic heterocycles. The zero-order chi connectivity index (χ0) is 23.4. The summed E-state index contributed by atoms with van der Waals surface area (Å²) in [6.45, 7) is 3.81. The lowest BCUT2D eigenvalue weighted by molar-refractivity contribution is -0.113. The molecule has 0 radical (unpaired) electrons. The van der Waals surface area contributed by atoms with Gasteiger partial charge in [0.25, 0.3) is 5.91 Å². The van der Waals surface area contributed by atoms with Crippen LogP contribution >= 0.6 is 11.8 Å². The number of hydrogen-bond donors (Lipinski definition) is 2. The zero-order valence-corrected chi connectivity index (χ0v) is 19.5. The van der Waals surface area contributed by atoms with E-state index in [1.165, 1.54) is 11.8 Å². The standard InChI is InChI=1S/C25H25N5O2S/c1-16-7-6-10-20(13-16)24(32)26-17(2)23-28-29-25(30(23)3)33-15-22(31)27-21-12-11-18-8-4-5-9-19(18)14-21/h4-14,17H,15H2,1-3H3,(H,26,32)(H,27,31)/t17-/m0/s1. The quantitative estimate of drug-likeness (QED) is 0.397. The van der Waals surface area contributed by atoms with Crippen molar-refractivity contribution in [3.63, 3.8) is 0 Å². The summed E-state index contributed by atoms with van der Waals surface area (Å²) < 4.78 is 1.80. The first-order valence-electron chi connectivity index (χ1n) is 10.6. The lowest BCUT2D eigenvalue weighted by Crippen LogP contribution is -2.28. The van der Waals surface area contributed by atoms with Gasteiger partial charge in [-0.05, 0) is 48.9 Å². The minimum atomic E-state index is -0.337. The zero-order valence-electron chi connectivity index (χ0n) is 18.7. The monoisotopic (exact) mass is 459 g/mol. The molecule has 4 rings (SSSR count). The average molecular weight is 460 g/mol. The number of anilines is 1.